The first-order chi connectivity index (χ1) is 15.8. The molecule has 0 radical (unpaired) electrons. The van der Waals surface area contributed by atoms with E-state index in [0.717, 1.165) is 40.6 Å². The quantitative estimate of drug-likeness (QED) is 0.542. The summed E-state index contributed by atoms with van der Waals surface area (Å²) in [6, 6.07) is 7.58. The maximum absolute atomic E-state index is 12.3. The zero-order valence-electron chi connectivity index (χ0n) is 19.8. The Morgan fingerprint density at radius 2 is 2.09 bits per heavy atom. The van der Waals surface area contributed by atoms with Crippen LogP contribution in [0, 0.1) is 6.92 Å². The van der Waals surface area contributed by atoms with Gasteiger partial charge in [-0.05, 0) is 33.3 Å². The number of carbonyl (C=O) groups excluding carboxylic acids is 1. The van der Waals surface area contributed by atoms with Crippen molar-refractivity contribution in [1.82, 2.24) is 19.7 Å². The lowest BCUT2D eigenvalue weighted by Crippen LogP contribution is -2.45. The van der Waals surface area contributed by atoms with Crippen LogP contribution in [0.3, 0.4) is 0 Å². The highest BCUT2D eigenvalue weighted by molar-refractivity contribution is 6.04. The molecule has 3 aromatic heterocycles. The second-order valence-electron chi connectivity index (χ2n) is 8.54. The molecule has 9 heteroatoms. The van der Waals surface area contributed by atoms with E-state index in [1.807, 2.05) is 81.0 Å². The van der Waals surface area contributed by atoms with Gasteiger partial charge in [0.05, 0.1) is 41.6 Å². The molecule has 0 unspecified atom stereocenters. The second-order valence-corrected chi connectivity index (χ2v) is 8.54. The first kappa shape index (κ1) is 22.6. The van der Waals surface area contributed by atoms with Crippen LogP contribution in [0.4, 0.5) is 17.2 Å². The van der Waals surface area contributed by atoms with Crippen LogP contribution in [0.5, 0.6) is 5.88 Å². The summed E-state index contributed by atoms with van der Waals surface area (Å²) in [5.74, 6) is 1.40. The number of aryl methyl sites for hydroxylation is 1. The van der Waals surface area contributed by atoms with E-state index in [9.17, 15) is 4.79 Å². The molecule has 2 N–H and O–H groups in total. The Hall–Kier alpha value is -3.62. The van der Waals surface area contributed by atoms with E-state index in [0.29, 0.717) is 19.0 Å². The van der Waals surface area contributed by atoms with Gasteiger partial charge in [0.2, 0.25) is 11.8 Å². The highest BCUT2D eigenvalue weighted by Gasteiger charge is 2.30. The first-order valence-corrected chi connectivity index (χ1v) is 11.3. The molecule has 0 fully saturated rings. The largest absolute Gasteiger partial charge is 0.475 e. The van der Waals surface area contributed by atoms with Crippen LogP contribution >= 0.6 is 0 Å². The van der Waals surface area contributed by atoms with E-state index < -0.39 is 0 Å². The minimum absolute atomic E-state index is 0.0151. The fraction of sp³-hybridized carbons (Fsp3) is 0.417. The van der Waals surface area contributed by atoms with Gasteiger partial charge in [0.25, 0.3) is 0 Å². The zero-order valence-corrected chi connectivity index (χ0v) is 19.8. The molecule has 0 saturated heterocycles. The van der Waals surface area contributed by atoms with Gasteiger partial charge in [-0.3, -0.25) is 9.48 Å². The summed E-state index contributed by atoms with van der Waals surface area (Å²) in [4.78, 5) is 23.5. The number of nitrogens with zero attached hydrogens (tertiary/aromatic N) is 5. The summed E-state index contributed by atoms with van der Waals surface area (Å²) in [7, 11) is 1.95. The number of hydrogen-bond acceptors (Lipinski definition) is 7. The molecule has 4 heterocycles. The molecule has 0 spiro atoms. The van der Waals surface area contributed by atoms with Crippen molar-refractivity contribution < 1.29 is 9.53 Å². The SMILES string of the molecule is CC[C@H]1C(=O)Nc2c(cc(NCc3cnn(Cc4cccc(OC(C)C)n4)c3)nc2C)N1C. The van der Waals surface area contributed by atoms with Gasteiger partial charge in [0.1, 0.15) is 11.9 Å². The molecule has 1 aliphatic rings. The molecule has 3 aromatic rings. The molecular weight excluding hydrogens is 418 g/mol. The number of pyridine rings is 2. The summed E-state index contributed by atoms with van der Waals surface area (Å²) in [6.07, 6.45) is 4.66. The molecule has 1 amide bonds. The second kappa shape index (κ2) is 9.48. The van der Waals surface area contributed by atoms with Crippen molar-refractivity contribution in [3.8, 4) is 5.88 Å². The third-order valence-electron chi connectivity index (χ3n) is 5.59. The number of likely N-dealkylation sites (N-methyl/N-ethyl adjacent to an activating group) is 1. The average molecular weight is 450 g/mol. The Balaban J connectivity index is 1.42. The number of amides is 1. The molecule has 1 atom stereocenters. The number of carbonyl (C=O) groups is 1. The molecule has 0 bridgehead atoms. The maximum Gasteiger partial charge on any atom is 0.247 e. The van der Waals surface area contributed by atoms with E-state index in [1.165, 1.54) is 0 Å². The fourth-order valence-corrected chi connectivity index (χ4v) is 3.98. The lowest BCUT2D eigenvalue weighted by Gasteiger charge is -2.35. The number of anilines is 3. The van der Waals surface area contributed by atoms with Crippen molar-refractivity contribution in [3.63, 3.8) is 0 Å². The summed E-state index contributed by atoms with van der Waals surface area (Å²) in [5.41, 5.74) is 4.46. The van der Waals surface area contributed by atoms with Crippen LogP contribution in [0.25, 0.3) is 0 Å². The maximum atomic E-state index is 12.3. The Labute approximate surface area is 194 Å². The van der Waals surface area contributed by atoms with Crippen molar-refractivity contribution in [2.75, 3.05) is 22.6 Å². The summed E-state index contributed by atoms with van der Waals surface area (Å²) >= 11 is 0. The van der Waals surface area contributed by atoms with Crippen molar-refractivity contribution in [1.29, 1.82) is 0 Å². The minimum atomic E-state index is -0.177. The molecule has 174 valence electrons. The van der Waals surface area contributed by atoms with Gasteiger partial charge < -0.3 is 20.3 Å². The average Bonchev–Trinajstić information content (AvgIpc) is 3.20. The van der Waals surface area contributed by atoms with Crippen LogP contribution in [0.1, 0.15) is 44.1 Å². The van der Waals surface area contributed by atoms with Crippen molar-refractivity contribution >= 4 is 23.1 Å². The topological polar surface area (TPSA) is 97.2 Å². The Morgan fingerprint density at radius 1 is 1.27 bits per heavy atom. The van der Waals surface area contributed by atoms with E-state index >= 15 is 0 Å². The Morgan fingerprint density at radius 3 is 2.85 bits per heavy atom. The van der Waals surface area contributed by atoms with Crippen LogP contribution in [-0.2, 0) is 17.9 Å². The first-order valence-electron chi connectivity index (χ1n) is 11.3. The Kier molecular flexibility index (Phi) is 6.48. The van der Waals surface area contributed by atoms with Crippen molar-refractivity contribution in [2.24, 2.45) is 0 Å². The fourth-order valence-electron chi connectivity index (χ4n) is 3.98. The third kappa shape index (κ3) is 5.08. The molecule has 0 aliphatic carbocycles. The lowest BCUT2D eigenvalue weighted by atomic mass is 10.1. The molecule has 9 nitrogen and oxygen atoms in total. The van der Waals surface area contributed by atoms with Gasteiger partial charge in [-0.1, -0.05) is 13.0 Å². The summed E-state index contributed by atoms with van der Waals surface area (Å²) < 4.78 is 7.54. The molecule has 0 aromatic carbocycles. The summed E-state index contributed by atoms with van der Waals surface area (Å²) in [5, 5.41) is 10.9. The van der Waals surface area contributed by atoms with Gasteiger partial charge >= 0.3 is 0 Å². The van der Waals surface area contributed by atoms with Crippen molar-refractivity contribution in [2.45, 2.75) is 59.4 Å². The van der Waals surface area contributed by atoms with Crippen LogP contribution < -0.4 is 20.3 Å². The van der Waals surface area contributed by atoms with Gasteiger partial charge in [0.15, 0.2) is 0 Å². The smallest absolute Gasteiger partial charge is 0.247 e. The van der Waals surface area contributed by atoms with E-state index in [2.05, 4.69) is 25.7 Å². The van der Waals surface area contributed by atoms with Gasteiger partial charge in [-0.2, -0.15) is 5.10 Å². The molecule has 4 rings (SSSR count). The van der Waals surface area contributed by atoms with Gasteiger partial charge in [-0.25, -0.2) is 9.97 Å². The van der Waals surface area contributed by atoms with Crippen LogP contribution in [0.15, 0.2) is 36.7 Å². The predicted molar refractivity (Wildman–Crippen MR) is 129 cm³/mol. The van der Waals surface area contributed by atoms with E-state index in [4.69, 9.17) is 4.74 Å². The van der Waals surface area contributed by atoms with E-state index in [-0.39, 0.29) is 18.1 Å². The highest BCUT2D eigenvalue weighted by Crippen LogP contribution is 2.35. The highest BCUT2D eigenvalue weighted by atomic mass is 16.5. The van der Waals surface area contributed by atoms with Gasteiger partial charge in [-0.15, -0.1) is 0 Å². The zero-order chi connectivity index (χ0) is 23.5. The standard InChI is InChI=1S/C24H31N7O2/c1-6-19-24(32)29-23-16(4)27-21(10-20(23)30(19)5)25-11-17-12-26-31(13-17)14-18-8-7-9-22(28-18)33-15(2)3/h7-10,12-13,15,19H,6,11,14H2,1-5H3,(H,25,27)(H,29,32)/t19-/m0/s1. The number of fused-ring (bicyclic) bond motifs is 1. The summed E-state index contributed by atoms with van der Waals surface area (Å²) in [6.45, 7) is 9.04. The minimum Gasteiger partial charge on any atom is -0.475 e. The normalized spacial score (nSPS) is 15.4. The monoisotopic (exact) mass is 449 g/mol. The van der Waals surface area contributed by atoms with Crippen molar-refractivity contribution in [3.05, 3.63) is 53.6 Å². The van der Waals surface area contributed by atoms with E-state index in [1.54, 1.807) is 0 Å². The van der Waals surface area contributed by atoms with Gasteiger partial charge in [0, 0.05) is 37.5 Å². The Bertz CT molecular complexity index is 1140. The predicted octanol–water partition coefficient (Wildman–Crippen LogP) is 3.60. The molecule has 1 aliphatic heterocycles. The third-order valence-corrected chi connectivity index (χ3v) is 5.59. The number of rotatable bonds is 8. The van der Waals surface area contributed by atoms with Crippen LogP contribution in [0.2, 0.25) is 0 Å². The molecule has 33 heavy (non-hydrogen) atoms. The van der Waals surface area contributed by atoms with Crippen LogP contribution in [-0.4, -0.2) is 44.8 Å². The number of nitrogens with one attached hydrogen (secondary N) is 2. The molecule has 0 saturated carbocycles. The number of hydrogen-bond donors (Lipinski definition) is 2. The number of aromatic nitrogens is 4. The lowest BCUT2D eigenvalue weighted by molar-refractivity contribution is -0.117. The molecular formula is C24H31N7O2. The number of ether oxygens (including phenoxy) is 1.